The molecule has 4 aromatic rings. The molecule has 4 bridgehead atoms. The van der Waals surface area contributed by atoms with E-state index >= 15 is 0 Å². The zero-order chi connectivity index (χ0) is 32.4. The zero-order valence-electron chi connectivity index (χ0n) is 26.0. The van der Waals surface area contributed by atoms with Gasteiger partial charge in [0.15, 0.2) is 5.13 Å². The predicted octanol–water partition coefficient (Wildman–Crippen LogP) is 4.71. The van der Waals surface area contributed by atoms with Crippen LogP contribution in [0.25, 0.3) is 10.2 Å². The van der Waals surface area contributed by atoms with Crippen LogP contribution in [0.5, 0.6) is 17.2 Å². The number of aromatic nitrogens is 1. The standard InChI is InChI=1S/C34H37N5O6S/c1-20(2)18-43-24-13-22-14-25(15-24)45-23-7-4-6-21(12-23)19-44-29-16-39(11-10-27(29)36-30(40)17-38(3)32(22)41)33(42)26-8-5-9-28-31(26)46-34(35)37-28/h4-9,12-15,20,27,29H,10-11,16-19H2,1-3H3,(H2,35,37)(H,36,40)/t27-,29-/m0/s1. The second-order valence-corrected chi connectivity index (χ2v) is 13.1. The number of carbonyl (C=O) groups excluding carboxylic acids is 3. The Bertz CT molecular complexity index is 1770. The normalized spacial score (nSPS) is 19.0. The van der Waals surface area contributed by atoms with Crippen molar-refractivity contribution >= 4 is 44.4 Å². The second kappa shape index (κ2) is 13.4. The molecule has 1 saturated heterocycles. The van der Waals surface area contributed by atoms with Crippen molar-refractivity contribution in [3.8, 4) is 17.2 Å². The molecule has 0 spiro atoms. The first-order chi connectivity index (χ1) is 22.1. The molecule has 240 valence electrons. The highest BCUT2D eigenvalue weighted by molar-refractivity contribution is 7.22. The van der Waals surface area contributed by atoms with E-state index in [-0.39, 0.29) is 49.4 Å². The molecule has 3 heterocycles. The Kier molecular flexibility index (Phi) is 9.09. The summed E-state index contributed by atoms with van der Waals surface area (Å²) in [7, 11) is 1.58. The SMILES string of the molecule is CC(C)COc1cc2cc(c1)C(=O)N(C)CC(=O)N[C@H]1CCN(C(=O)c3cccc4nc(N)sc34)C[C@@H]1OCc1cccc(c1)O2. The third kappa shape index (κ3) is 7.08. The minimum absolute atomic E-state index is 0.145. The monoisotopic (exact) mass is 643 g/mol. The Hall–Kier alpha value is -4.68. The average molecular weight is 644 g/mol. The molecular weight excluding hydrogens is 606 g/mol. The van der Waals surface area contributed by atoms with Crippen molar-refractivity contribution in [2.75, 3.05) is 39.0 Å². The summed E-state index contributed by atoms with van der Waals surface area (Å²) < 4.78 is 19.3. The van der Waals surface area contributed by atoms with Crippen molar-refractivity contribution in [1.29, 1.82) is 0 Å². The second-order valence-electron chi connectivity index (χ2n) is 12.1. The summed E-state index contributed by atoms with van der Waals surface area (Å²) in [6, 6.07) is 17.6. The Labute approximate surface area is 271 Å². The molecule has 11 nitrogen and oxygen atoms in total. The molecule has 0 saturated carbocycles. The molecular formula is C34H37N5O6S. The first-order valence-electron chi connectivity index (χ1n) is 15.3. The van der Waals surface area contributed by atoms with E-state index in [1.54, 1.807) is 42.3 Å². The molecule has 3 aromatic carbocycles. The first-order valence-corrected chi connectivity index (χ1v) is 16.1. The first kappa shape index (κ1) is 31.3. The molecule has 0 unspecified atom stereocenters. The summed E-state index contributed by atoms with van der Waals surface area (Å²) in [4.78, 5) is 47.9. The fraction of sp³-hybridized carbons (Fsp3) is 0.353. The third-order valence-electron chi connectivity index (χ3n) is 7.89. The Morgan fingerprint density at radius 3 is 2.78 bits per heavy atom. The van der Waals surface area contributed by atoms with Crippen LogP contribution in [-0.2, 0) is 16.1 Å². The van der Waals surface area contributed by atoms with Gasteiger partial charge < -0.3 is 35.1 Å². The fourth-order valence-electron chi connectivity index (χ4n) is 5.64. The number of ether oxygens (including phenoxy) is 3. The summed E-state index contributed by atoms with van der Waals surface area (Å²) in [5.74, 6) is 0.993. The van der Waals surface area contributed by atoms with Crippen molar-refractivity contribution in [3.63, 3.8) is 0 Å². The minimum atomic E-state index is -0.501. The number of nitrogens with two attached hydrogens (primary N) is 1. The summed E-state index contributed by atoms with van der Waals surface area (Å²) in [6.45, 7) is 5.32. The molecule has 2 aliphatic heterocycles. The number of fused-ring (bicyclic) bond motifs is 6. The van der Waals surface area contributed by atoms with Crippen LogP contribution in [-0.4, -0.2) is 77.9 Å². The van der Waals surface area contributed by atoms with E-state index < -0.39 is 6.10 Å². The topological polar surface area (TPSA) is 136 Å². The number of nitrogens with zero attached hydrogens (tertiary/aromatic N) is 3. The molecule has 6 rings (SSSR count). The lowest BCUT2D eigenvalue weighted by Crippen LogP contribution is -2.57. The summed E-state index contributed by atoms with van der Waals surface area (Å²) in [6.07, 6.45) is -0.0261. The Morgan fingerprint density at radius 1 is 1.13 bits per heavy atom. The van der Waals surface area contributed by atoms with Crippen LogP contribution < -0.4 is 20.5 Å². The fourth-order valence-corrected chi connectivity index (χ4v) is 6.48. The number of nitrogen functional groups attached to an aromatic ring is 1. The summed E-state index contributed by atoms with van der Waals surface area (Å²) >= 11 is 1.28. The van der Waals surface area contributed by atoms with Crippen molar-refractivity contribution in [1.82, 2.24) is 20.1 Å². The van der Waals surface area contributed by atoms with Gasteiger partial charge in [0.1, 0.15) is 17.2 Å². The molecule has 1 fully saturated rings. The van der Waals surface area contributed by atoms with Gasteiger partial charge in [-0.2, -0.15) is 0 Å². The highest BCUT2D eigenvalue weighted by Gasteiger charge is 2.35. The van der Waals surface area contributed by atoms with Crippen LogP contribution in [0.2, 0.25) is 0 Å². The number of benzene rings is 3. The summed E-state index contributed by atoms with van der Waals surface area (Å²) in [5.41, 5.74) is 8.35. The lowest BCUT2D eigenvalue weighted by molar-refractivity contribution is -0.124. The van der Waals surface area contributed by atoms with Gasteiger partial charge in [-0.15, -0.1) is 0 Å². The molecule has 12 heteroatoms. The molecule has 2 aliphatic rings. The Morgan fingerprint density at radius 2 is 1.96 bits per heavy atom. The molecule has 1 aromatic heterocycles. The largest absolute Gasteiger partial charge is 0.493 e. The number of thiazole rings is 1. The number of hydrogen-bond donors (Lipinski definition) is 2. The molecule has 0 radical (unpaired) electrons. The lowest BCUT2D eigenvalue weighted by Gasteiger charge is -2.39. The number of likely N-dealkylation sites (tertiary alicyclic amines) is 1. The van der Waals surface area contributed by atoms with Crippen LogP contribution in [0.3, 0.4) is 0 Å². The lowest BCUT2D eigenvalue weighted by atomic mass is 10.00. The quantitative estimate of drug-likeness (QED) is 0.327. The van der Waals surface area contributed by atoms with Gasteiger partial charge in [0, 0.05) is 31.8 Å². The average Bonchev–Trinajstić information content (AvgIpc) is 3.42. The van der Waals surface area contributed by atoms with Gasteiger partial charge in [-0.1, -0.05) is 43.4 Å². The van der Waals surface area contributed by atoms with Crippen LogP contribution in [0.15, 0.2) is 60.7 Å². The number of anilines is 1. The van der Waals surface area contributed by atoms with Crippen LogP contribution in [0.1, 0.15) is 46.5 Å². The maximum absolute atomic E-state index is 13.7. The van der Waals surface area contributed by atoms with Gasteiger partial charge >= 0.3 is 0 Å². The number of piperidine rings is 1. The van der Waals surface area contributed by atoms with E-state index in [4.69, 9.17) is 19.9 Å². The van der Waals surface area contributed by atoms with E-state index in [1.165, 1.54) is 16.2 Å². The van der Waals surface area contributed by atoms with Crippen molar-refractivity contribution in [2.24, 2.45) is 5.92 Å². The van der Waals surface area contributed by atoms with Crippen molar-refractivity contribution in [2.45, 2.75) is 39.0 Å². The molecule has 3 N–H and O–H groups in total. The van der Waals surface area contributed by atoms with Crippen molar-refractivity contribution < 1.29 is 28.6 Å². The minimum Gasteiger partial charge on any atom is -0.493 e. The number of amides is 3. The van der Waals surface area contributed by atoms with E-state index in [0.29, 0.717) is 58.6 Å². The Balaban J connectivity index is 1.27. The number of likely N-dealkylation sites (N-methyl/N-ethyl adjacent to an activating group) is 1. The van der Waals surface area contributed by atoms with Gasteiger partial charge in [-0.25, -0.2) is 4.98 Å². The van der Waals surface area contributed by atoms with Gasteiger partial charge in [0.25, 0.3) is 11.8 Å². The molecule has 2 atom stereocenters. The van der Waals surface area contributed by atoms with Crippen LogP contribution >= 0.6 is 11.3 Å². The molecule has 46 heavy (non-hydrogen) atoms. The number of rotatable bonds is 4. The maximum Gasteiger partial charge on any atom is 0.255 e. The predicted molar refractivity (Wildman–Crippen MR) is 175 cm³/mol. The zero-order valence-corrected chi connectivity index (χ0v) is 26.8. The smallest absolute Gasteiger partial charge is 0.255 e. The third-order valence-corrected chi connectivity index (χ3v) is 8.82. The van der Waals surface area contributed by atoms with Gasteiger partial charge in [-0.3, -0.25) is 14.4 Å². The van der Waals surface area contributed by atoms with E-state index in [9.17, 15) is 14.4 Å². The number of hydrogen-bond acceptors (Lipinski definition) is 9. The maximum atomic E-state index is 13.7. The highest BCUT2D eigenvalue weighted by Crippen LogP contribution is 2.31. The van der Waals surface area contributed by atoms with E-state index in [2.05, 4.69) is 10.3 Å². The molecule has 0 aliphatic carbocycles. The van der Waals surface area contributed by atoms with Crippen LogP contribution in [0, 0.1) is 5.92 Å². The van der Waals surface area contributed by atoms with Crippen LogP contribution in [0.4, 0.5) is 5.13 Å². The van der Waals surface area contributed by atoms with Crippen molar-refractivity contribution in [3.05, 3.63) is 77.4 Å². The van der Waals surface area contributed by atoms with E-state index in [1.807, 2.05) is 44.2 Å². The van der Waals surface area contributed by atoms with Gasteiger partial charge in [-0.05, 0) is 54.3 Å². The highest BCUT2D eigenvalue weighted by atomic mass is 32.1. The summed E-state index contributed by atoms with van der Waals surface area (Å²) in [5, 5.41) is 3.47. The molecule has 3 amide bonds. The number of nitrogens with one attached hydrogen (secondary N) is 1. The number of carbonyl (C=O) groups is 3. The van der Waals surface area contributed by atoms with Gasteiger partial charge in [0.05, 0.1) is 47.7 Å². The van der Waals surface area contributed by atoms with Gasteiger partial charge in [0.2, 0.25) is 5.91 Å². The van der Waals surface area contributed by atoms with E-state index in [0.717, 1.165) is 10.3 Å².